The van der Waals surface area contributed by atoms with Gasteiger partial charge in [0.1, 0.15) is 6.04 Å². The molecule has 2 nitrogen and oxygen atoms in total. The van der Waals surface area contributed by atoms with E-state index in [2.05, 4.69) is 0 Å². The van der Waals surface area contributed by atoms with Gasteiger partial charge in [0, 0.05) is 18.3 Å². The predicted octanol–water partition coefficient (Wildman–Crippen LogP) is 1.24. The van der Waals surface area contributed by atoms with Crippen LogP contribution in [0.5, 0.6) is 0 Å². The quantitative estimate of drug-likeness (QED) is 0.774. The molecule has 5 fully saturated rings. The molecular formula is C16H28NO+. The summed E-state index contributed by atoms with van der Waals surface area (Å²) in [6.45, 7) is 3.14. The van der Waals surface area contributed by atoms with E-state index in [0.717, 1.165) is 17.8 Å². The topological polar surface area (TPSA) is 24.7 Å². The summed E-state index contributed by atoms with van der Waals surface area (Å²) in [6.07, 6.45) is 11.8. The molecule has 0 aromatic carbocycles. The van der Waals surface area contributed by atoms with Gasteiger partial charge in [0.05, 0.1) is 19.7 Å². The average Bonchev–Trinajstić information content (AvgIpc) is 2.73. The van der Waals surface area contributed by atoms with Crippen molar-refractivity contribution in [2.45, 2.75) is 57.4 Å². The first-order valence-electron chi connectivity index (χ1n) is 8.22. The minimum absolute atomic E-state index is 0.418. The van der Waals surface area contributed by atoms with E-state index in [4.69, 9.17) is 0 Å². The van der Waals surface area contributed by atoms with Crippen molar-refractivity contribution < 1.29 is 10.0 Å². The molecule has 5 aliphatic rings. The Morgan fingerprint density at radius 1 is 1.00 bits per heavy atom. The first kappa shape index (κ1) is 11.7. The molecule has 2 N–H and O–H groups in total. The summed E-state index contributed by atoms with van der Waals surface area (Å²) in [5.74, 6) is 3.22. The zero-order valence-corrected chi connectivity index (χ0v) is 11.5. The summed E-state index contributed by atoms with van der Waals surface area (Å²) >= 11 is 0. The molecule has 1 aliphatic heterocycles. The maximum atomic E-state index is 9.53. The van der Waals surface area contributed by atoms with E-state index in [1.54, 1.807) is 24.2 Å². The Morgan fingerprint density at radius 3 is 2.17 bits per heavy atom. The summed E-state index contributed by atoms with van der Waals surface area (Å²) in [5.41, 5.74) is 0.696. The van der Waals surface area contributed by atoms with Gasteiger partial charge in [-0.1, -0.05) is 0 Å². The fourth-order valence-electron chi connectivity index (χ4n) is 6.43. The largest absolute Gasteiger partial charge is 0.390 e. The number of nitrogens with one attached hydrogen (secondary N) is 1. The SMILES string of the molecule is OC[C@H]1CCC[NH+]1CC12CC3CC(CC(C3)C1)C2. The molecule has 18 heavy (non-hydrogen) atoms. The second-order valence-electron chi connectivity index (χ2n) is 8.02. The van der Waals surface area contributed by atoms with Crippen LogP contribution in [0.2, 0.25) is 0 Å². The fourth-order valence-corrected chi connectivity index (χ4v) is 6.43. The van der Waals surface area contributed by atoms with Crippen molar-refractivity contribution in [3.05, 3.63) is 0 Å². The van der Waals surface area contributed by atoms with Gasteiger partial charge in [-0.05, 0) is 56.3 Å². The van der Waals surface area contributed by atoms with Gasteiger partial charge < -0.3 is 10.0 Å². The lowest BCUT2D eigenvalue weighted by Gasteiger charge is -2.56. The molecule has 2 heteroatoms. The molecule has 102 valence electrons. The lowest BCUT2D eigenvalue weighted by molar-refractivity contribution is -0.920. The van der Waals surface area contributed by atoms with Crippen molar-refractivity contribution in [3.63, 3.8) is 0 Å². The highest BCUT2D eigenvalue weighted by Gasteiger charge is 2.53. The Bertz CT molecular complexity index is 292. The van der Waals surface area contributed by atoms with Crippen LogP contribution in [0.3, 0.4) is 0 Å². The molecule has 4 aliphatic carbocycles. The minimum atomic E-state index is 0.418. The number of quaternary nitrogens is 1. The first-order chi connectivity index (χ1) is 8.76. The molecule has 4 saturated carbocycles. The Balaban J connectivity index is 1.50. The molecule has 0 spiro atoms. The molecule has 4 bridgehead atoms. The Hall–Kier alpha value is -0.0800. The van der Waals surface area contributed by atoms with Crippen LogP contribution in [0.4, 0.5) is 0 Å². The Morgan fingerprint density at radius 2 is 1.61 bits per heavy atom. The van der Waals surface area contributed by atoms with E-state index in [0.29, 0.717) is 18.1 Å². The third kappa shape index (κ3) is 1.84. The highest BCUT2D eigenvalue weighted by Crippen LogP contribution is 2.59. The summed E-state index contributed by atoms with van der Waals surface area (Å²) in [6, 6.07) is 0.568. The van der Waals surface area contributed by atoms with Gasteiger partial charge >= 0.3 is 0 Å². The summed E-state index contributed by atoms with van der Waals surface area (Å²) in [5, 5.41) is 9.53. The van der Waals surface area contributed by atoms with E-state index in [9.17, 15) is 5.11 Å². The molecule has 0 radical (unpaired) electrons. The van der Waals surface area contributed by atoms with E-state index in [-0.39, 0.29) is 0 Å². The molecule has 0 amide bonds. The normalized spacial score (nSPS) is 54.2. The summed E-state index contributed by atoms with van der Waals surface area (Å²) in [4.78, 5) is 1.75. The van der Waals surface area contributed by atoms with Crippen molar-refractivity contribution in [3.8, 4) is 0 Å². The van der Waals surface area contributed by atoms with E-state index >= 15 is 0 Å². The third-order valence-electron chi connectivity index (χ3n) is 6.62. The predicted molar refractivity (Wildman–Crippen MR) is 71.4 cm³/mol. The van der Waals surface area contributed by atoms with E-state index in [1.807, 2.05) is 0 Å². The smallest absolute Gasteiger partial charge is 0.111 e. The van der Waals surface area contributed by atoms with Gasteiger partial charge in [0.2, 0.25) is 0 Å². The maximum Gasteiger partial charge on any atom is 0.111 e. The van der Waals surface area contributed by atoms with E-state index < -0.39 is 0 Å². The average molecular weight is 250 g/mol. The van der Waals surface area contributed by atoms with Crippen LogP contribution in [-0.4, -0.2) is 30.8 Å². The number of hydrogen-bond acceptors (Lipinski definition) is 1. The standard InChI is InChI=1S/C16H27NO/c18-10-15-2-1-3-17(15)11-16-7-12-4-13(8-16)6-14(5-12)9-16/h12-15,18H,1-11H2/p+1/t12?,13?,14?,15-,16?/m1/s1. The second kappa shape index (κ2) is 4.21. The van der Waals surface area contributed by atoms with Crippen molar-refractivity contribution in [1.29, 1.82) is 0 Å². The minimum Gasteiger partial charge on any atom is -0.390 e. The molecule has 1 saturated heterocycles. The van der Waals surface area contributed by atoms with Crippen molar-refractivity contribution in [2.24, 2.45) is 23.2 Å². The number of aliphatic hydroxyl groups excluding tert-OH is 1. The Labute approximate surface area is 111 Å². The molecule has 0 aromatic rings. The maximum absolute atomic E-state index is 9.53. The summed E-state index contributed by atoms with van der Waals surface area (Å²) in [7, 11) is 0. The highest BCUT2D eigenvalue weighted by atomic mass is 16.3. The van der Waals surface area contributed by atoms with Gasteiger partial charge in [0.15, 0.2) is 0 Å². The second-order valence-corrected chi connectivity index (χ2v) is 8.02. The van der Waals surface area contributed by atoms with Gasteiger partial charge in [-0.2, -0.15) is 0 Å². The van der Waals surface area contributed by atoms with Gasteiger partial charge in [0.25, 0.3) is 0 Å². The first-order valence-corrected chi connectivity index (χ1v) is 8.22. The van der Waals surface area contributed by atoms with Crippen LogP contribution < -0.4 is 4.90 Å². The van der Waals surface area contributed by atoms with Crippen LogP contribution in [0.1, 0.15) is 51.4 Å². The van der Waals surface area contributed by atoms with Crippen molar-refractivity contribution >= 4 is 0 Å². The van der Waals surface area contributed by atoms with Crippen LogP contribution in [0, 0.1) is 23.2 Å². The van der Waals surface area contributed by atoms with Crippen LogP contribution >= 0.6 is 0 Å². The number of likely N-dealkylation sites (tertiary alicyclic amines) is 1. The van der Waals surface area contributed by atoms with Gasteiger partial charge in [-0.25, -0.2) is 0 Å². The zero-order chi connectivity index (χ0) is 12.2. The number of rotatable bonds is 3. The fraction of sp³-hybridized carbons (Fsp3) is 1.00. The van der Waals surface area contributed by atoms with Gasteiger partial charge in [-0.15, -0.1) is 0 Å². The van der Waals surface area contributed by atoms with Crippen LogP contribution in [-0.2, 0) is 0 Å². The van der Waals surface area contributed by atoms with Crippen LogP contribution in [0.15, 0.2) is 0 Å². The Kier molecular flexibility index (Phi) is 2.74. The highest BCUT2D eigenvalue weighted by molar-refractivity contribution is 5.01. The van der Waals surface area contributed by atoms with Crippen LogP contribution in [0.25, 0.3) is 0 Å². The third-order valence-corrected chi connectivity index (χ3v) is 6.62. The van der Waals surface area contributed by atoms with Crippen molar-refractivity contribution in [2.75, 3.05) is 19.7 Å². The molecule has 5 rings (SSSR count). The zero-order valence-electron chi connectivity index (χ0n) is 11.5. The molecule has 0 aromatic heterocycles. The monoisotopic (exact) mass is 250 g/mol. The van der Waals surface area contributed by atoms with Gasteiger partial charge in [-0.3, -0.25) is 0 Å². The lowest BCUT2D eigenvalue weighted by atomic mass is 9.49. The summed E-state index contributed by atoms with van der Waals surface area (Å²) < 4.78 is 0. The van der Waals surface area contributed by atoms with Crippen molar-refractivity contribution in [1.82, 2.24) is 0 Å². The molecule has 2 atom stereocenters. The number of hydrogen-bond donors (Lipinski definition) is 2. The van der Waals surface area contributed by atoms with E-state index in [1.165, 1.54) is 45.2 Å². The molecular weight excluding hydrogens is 222 g/mol. The lowest BCUT2D eigenvalue weighted by Crippen LogP contribution is -3.15. The molecule has 1 unspecified atom stereocenters. The number of aliphatic hydroxyl groups is 1. The molecule has 1 heterocycles.